The standard InChI is InChI=1S/C30H24O8/c1-2-3-4-5-6-14-13-21(30(37)38)25-20(29(35)36)11-8-16-15-7-10-18(27(31)32)24-19(28(33)34)12-9-17(23(15)24)22(14)26(16)25/h7-13H,2-6H2,1H3,(H,31,32)(H,33,34)(H,35,36)(H,37,38). The van der Waals surface area contributed by atoms with Gasteiger partial charge in [-0.3, -0.25) is 0 Å². The van der Waals surface area contributed by atoms with Crippen LogP contribution in [0.25, 0.3) is 43.1 Å². The van der Waals surface area contributed by atoms with Crippen LogP contribution in [0.1, 0.15) is 79.6 Å². The number of unbranched alkanes of at least 4 members (excludes halogenated alkanes) is 3. The predicted octanol–water partition coefficient (Wildman–Crippen LogP) is 6.65. The maximum absolute atomic E-state index is 12.4. The third kappa shape index (κ3) is 3.68. The van der Waals surface area contributed by atoms with E-state index in [1.165, 1.54) is 24.3 Å². The van der Waals surface area contributed by atoms with Crippen molar-refractivity contribution in [3.8, 4) is 0 Å². The fourth-order valence-corrected chi connectivity index (χ4v) is 5.72. The molecule has 0 saturated heterocycles. The molecule has 0 heterocycles. The molecule has 0 spiro atoms. The summed E-state index contributed by atoms with van der Waals surface area (Å²) in [5, 5.41) is 43.2. The van der Waals surface area contributed by atoms with Crippen LogP contribution in [0.3, 0.4) is 0 Å². The third-order valence-electron chi connectivity index (χ3n) is 7.31. The van der Waals surface area contributed by atoms with Crippen molar-refractivity contribution >= 4 is 67.0 Å². The molecule has 0 aromatic heterocycles. The molecule has 0 radical (unpaired) electrons. The van der Waals surface area contributed by atoms with E-state index in [2.05, 4.69) is 6.92 Å². The summed E-state index contributed by atoms with van der Waals surface area (Å²) in [6.07, 6.45) is 4.24. The lowest BCUT2D eigenvalue weighted by atomic mass is 9.82. The first-order valence-electron chi connectivity index (χ1n) is 12.3. The van der Waals surface area contributed by atoms with Crippen LogP contribution in [0.2, 0.25) is 0 Å². The number of carboxylic acid groups (broad SMARTS) is 4. The molecular weight excluding hydrogens is 488 g/mol. The highest BCUT2D eigenvalue weighted by Crippen LogP contribution is 2.45. The zero-order valence-corrected chi connectivity index (χ0v) is 20.5. The van der Waals surface area contributed by atoms with Gasteiger partial charge >= 0.3 is 23.9 Å². The van der Waals surface area contributed by atoms with E-state index >= 15 is 0 Å². The van der Waals surface area contributed by atoms with Crippen molar-refractivity contribution in [2.45, 2.75) is 39.0 Å². The molecule has 8 heteroatoms. The summed E-state index contributed by atoms with van der Waals surface area (Å²) in [5.41, 5.74) is 0.125. The Balaban J connectivity index is 2.08. The van der Waals surface area contributed by atoms with E-state index in [1.807, 2.05) is 0 Å². The van der Waals surface area contributed by atoms with Gasteiger partial charge in [-0.15, -0.1) is 0 Å². The van der Waals surface area contributed by atoms with Gasteiger partial charge in [-0.2, -0.15) is 0 Å². The van der Waals surface area contributed by atoms with Crippen molar-refractivity contribution in [1.82, 2.24) is 0 Å². The molecule has 0 aliphatic rings. The average molecular weight is 513 g/mol. The van der Waals surface area contributed by atoms with Gasteiger partial charge in [0.25, 0.3) is 0 Å². The van der Waals surface area contributed by atoms with Crippen molar-refractivity contribution in [3.05, 3.63) is 70.3 Å². The maximum Gasteiger partial charge on any atom is 0.336 e. The number of carbonyl (C=O) groups is 4. The summed E-state index contributed by atoms with van der Waals surface area (Å²) < 4.78 is 0. The molecule has 0 aliphatic carbocycles. The van der Waals surface area contributed by atoms with Gasteiger partial charge in [-0.25, -0.2) is 19.2 Å². The van der Waals surface area contributed by atoms with Crippen LogP contribution in [0.4, 0.5) is 0 Å². The van der Waals surface area contributed by atoms with Crippen LogP contribution >= 0.6 is 0 Å². The lowest BCUT2D eigenvalue weighted by molar-refractivity contribution is 0.0681. The minimum atomic E-state index is -1.27. The van der Waals surface area contributed by atoms with Gasteiger partial charge in [-0.1, -0.05) is 44.4 Å². The molecule has 0 aliphatic heterocycles. The number of fused-ring (bicyclic) bond motifs is 2. The smallest absolute Gasteiger partial charge is 0.336 e. The fraction of sp³-hybridized carbons (Fsp3) is 0.200. The first-order valence-corrected chi connectivity index (χ1v) is 12.3. The first-order chi connectivity index (χ1) is 18.2. The molecule has 0 fully saturated rings. The van der Waals surface area contributed by atoms with Crippen LogP contribution in [0.15, 0.2) is 42.5 Å². The van der Waals surface area contributed by atoms with Crippen LogP contribution in [-0.4, -0.2) is 44.3 Å². The Morgan fingerprint density at radius 1 is 0.526 bits per heavy atom. The normalized spacial score (nSPS) is 11.6. The Morgan fingerprint density at radius 2 is 1.00 bits per heavy atom. The van der Waals surface area contributed by atoms with E-state index < -0.39 is 23.9 Å². The molecule has 0 saturated carbocycles. The Kier molecular flexibility index (Phi) is 6.11. The second kappa shape index (κ2) is 9.30. The summed E-state index contributed by atoms with van der Waals surface area (Å²) in [5.74, 6) is -5.05. The number of carboxylic acids is 4. The third-order valence-corrected chi connectivity index (χ3v) is 7.31. The second-order valence-electron chi connectivity index (χ2n) is 9.47. The number of hydrogen-bond acceptors (Lipinski definition) is 4. The summed E-state index contributed by atoms with van der Waals surface area (Å²) in [6.45, 7) is 2.08. The van der Waals surface area contributed by atoms with Crippen molar-refractivity contribution in [2.75, 3.05) is 0 Å². The number of aromatic carboxylic acids is 4. The summed E-state index contributed by atoms with van der Waals surface area (Å²) in [7, 11) is 0. The molecule has 0 amide bonds. The van der Waals surface area contributed by atoms with Gasteiger partial charge in [0.15, 0.2) is 0 Å². The minimum Gasteiger partial charge on any atom is -0.478 e. The van der Waals surface area contributed by atoms with Crippen molar-refractivity contribution in [2.24, 2.45) is 0 Å². The van der Waals surface area contributed by atoms with Gasteiger partial charge in [0.1, 0.15) is 0 Å². The Hall–Kier alpha value is -4.72. The predicted molar refractivity (Wildman–Crippen MR) is 143 cm³/mol. The monoisotopic (exact) mass is 512 g/mol. The van der Waals surface area contributed by atoms with E-state index in [4.69, 9.17) is 0 Å². The van der Waals surface area contributed by atoms with Gasteiger partial charge in [-0.05, 0) is 75.0 Å². The topological polar surface area (TPSA) is 149 Å². The Bertz CT molecular complexity index is 1790. The highest BCUT2D eigenvalue weighted by atomic mass is 16.4. The SMILES string of the molecule is CCCCCCc1cc(C(=O)O)c2c(C(=O)O)ccc3c4ccc(C(=O)O)c5c(C(=O)O)ccc(c1c23)c54. The molecule has 5 aromatic carbocycles. The van der Waals surface area contributed by atoms with Crippen LogP contribution in [0, 0.1) is 0 Å². The largest absolute Gasteiger partial charge is 0.478 e. The van der Waals surface area contributed by atoms with E-state index in [-0.39, 0.29) is 33.0 Å². The lowest BCUT2D eigenvalue weighted by Crippen LogP contribution is -2.08. The van der Waals surface area contributed by atoms with Gasteiger partial charge in [0.05, 0.1) is 22.3 Å². The maximum atomic E-state index is 12.4. The molecular formula is C30H24O8. The van der Waals surface area contributed by atoms with Crippen molar-refractivity contribution < 1.29 is 39.6 Å². The highest BCUT2D eigenvalue weighted by Gasteiger charge is 2.27. The minimum absolute atomic E-state index is 0.0837. The molecule has 38 heavy (non-hydrogen) atoms. The van der Waals surface area contributed by atoms with E-state index in [0.29, 0.717) is 44.3 Å². The molecule has 8 nitrogen and oxygen atoms in total. The zero-order chi connectivity index (χ0) is 27.3. The van der Waals surface area contributed by atoms with Gasteiger partial charge in [0, 0.05) is 10.8 Å². The molecule has 192 valence electrons. The summed E-state index contributed by atoms with van der Waals surface area (Å²) in [6, 6.07) is 10.3. The van der Waals surface area contributed by atoms with Gasteiger partial charge in [0.2, 0.25) is 0 Å². The average Bonchev–Trinajstić information content (AvgIpc) is 2.88. The van der Waals surface area contributed by atoms with E-state index in [9.17, 15) is 39.6 Å². The fourth-order valence-electron chi connectivity index (χ4n) is 5.72. The Morgan fingerprint density at radius 3 is 1.50 bits per heavy atom. The van der Waals surface area contributed by atoms with E-state index in [0.717, 1.165) is 25.7 Å². The quantitative estimate of drug-likeness (QED) is 0.0974. The molecule has 5 rings (SSSR count). The molecule has 0 bridgehead atoms. The molecule has 5 aromatic rings. The second-order valence-corrected chi connectivity index (χ2v) is 9.47. The van der Waals surface area contributed by atoms with E-state index in [1.54, 1.807) is 18.2 Å². The summed E-state index contributed by atoms with van der Waals surface area (Å²) >= 11 is 0. The lowest BCUT2D eigenvalue weighted by Gasteiger charge is -2.21. The number of aryl methyl sites for hydroxylation is 1. The van der Waals surface area contributed by atoms with Crippen molar-refractivity contribution in [3.63, 3.8) is 0 Å². The number of rotatable bonds is 9. The zero-order valence-electron chi connectivity index (χ0n) is 20.5. The Labute approximate surface area is 216 Å². The molecule has 0 atom stereocenters. The van der Waals surface area contributed by atoms with Crippen LogP contribution < -0.4 is 0 Å². The molecule has 4 N–H and O–H groups in total. The number of hydrogen-bond donors (Lipinski definition) is 4. The van der Waals surface area contributed by atoms with Crippen LogP contribution in [0.5, 0.6) is 0 Å². The van der Waals surface area contributed by atoms with Crippen LogP contribution in [-0.2, 0) is 6.42 Å². The van der Waals surface area contributed by atoms with Crippen molar-refractivity contribution in [1.29, 1.82) is 0 Å². The van der Waals surface area contributed by atoms with Gasteiger partial charge < -0.3 is 20.4 Å². The molecule has 0 unspecified atom stereocenters. The first kappa shape index (κ1) is 25.0. The summed E-state index contributed by atoms with van der Waals surface area (Å²) in [4.78, 5) is 48.9. The highest BCUT2D eigenvalue weighted by molar-refractivity contribution is 6.38. The number of benzene rings is 5.